The molecule has 0 aliphatic carbocycles. The standard InChI is InChI=1S/C9H11N/c1-4-9-6-10-8(3)5-7(9)2/h4-6H,2H2,1,3H3/b9-4-. The van der Waals surface area contributed by atoms with Crippen LogP contribution in [0.3, 0.4) is 0 Å². The van der Waals surface area contributed by atoms with Gasteiger partial charge < -0.3 is 0 Å². The number of nitrogens with zero attached hydrogens (tertiary/aromatic N) is 1. The first-order valence-corrected chi connectivity index (χ1v) is 3.32. The van der Waals surface area contributed by atoms with E-state index in [0.717, 1.165) is 16.1 Å². The number of aryl methyl sites for hydroxylation is 1. The Morgan fingerprint density at radius 3 is 2.80 bits per heavy atom. The lowest BCUT2D eigenvalue weighted by Crippen LogP contribution is -2.23. The molecule has 0 radical (unpaired) electrons. The Balaban J connectivity index is 3.50. The van der Waals surface area contributed by atoms with E-state index in [2.05, 4.69) is 11.6 Å². The molecule has 0 bridgehead atoms. The van der Waals surface area contributed by atoms with Crippen LogP contribution in [0.25, 0.3) is 12.7 Å². The van der Waals surface area contributed by atoms with E-state index in [0.29, 0.717) is 0 Å². The number of hydrogen-bond acceptors (Lipinski definition) is 1. The summed E-state index contributed by atoms with van der Waals surface area (Å²) in [6.45, 7) is 7.83. The summed E-state index contributed by atoms with van der Waals surface area (Å²) in [4.78, 5) is 4.14. The molecule has 0 aliphatic heterocycles. The number of pyridine rings is 1. The van der Waals surface area contributed by atoms with Crippen LogP contribution < -0.4 is 10.4 Å². The smallest absolute Gasteiger partial charge is 0.0378 e. The van der Waals surface area contributed by atoms with E-state index in [-0.39, 0.29) is 0 Å². The summed E-state index contributed by atoms with van der Waals surface area (Å²) in [5.41, 5.74) is 1.02. The van der Waals surface area contributed by atoms with Gasteiger partial charge in [-0.1, -0.05) is 12.7 Å². The fraction of sp³-hybridized carbons (Fsp3) is 0.222. The van der Waals surface area contributed by atoms with Gasteiger partial charge in [0.05, 0.1) is 0 Å². The van der Waals surface area contributed by atoms with Crippen molar-refractivity contribution in [3.8, 4) is 0 Å². The Bertz CT molecular complexity index is 325. The van der Waals surface area contributed by atoms with Crippen LogP contribution in [0.1, 0.15) is 12.6 Å². The molecule has 1 aromatic rings. The minimum Gasteiger partial charge on any atom is -0.261 e. The topological polar surface area (TPSA) is 12.9 Å². The maximum atomic E-state index is 4.14. The van der Waals surface area contributed by atoms with Crippen molar-refractivity contribution in [2.24, 2.45) is 0 Å². The number of aromatic nitrogens is 1. The van der Waals surface area contributed by atoms with Crippen molar-refractivity contribution in [2.45, 2.75) is 13.8 Å². The first kappa shape index (κ1) is 7.00. The molecule has 0 aliphatic rings. The quantitative estimate of drug-likeness (QED) is 0.505. The predicted molar refractivity (Wildman–Crippen MR) is 43.9 cm³/mol. The predicted octanol–water partition coefficient (Wildman–Crippen LogP) is 0.601. The van der Waals surface area contributed by atoms with Crippen molar-refractivity contribution in [3.63, 3.8) is 0 Å². The Morgan fingerprint density at radius 1 is 1.60 bits per heavy atom. The lowest BCUT2D eigenvalue weighted by Gasteiger charge is -1.89. The summed E-state index contributed by atoms with van der Waals surface area (Å²) in [5, 5.41) is 2.17. The normalized spacial score (nSPS) is 12.0. The minimum atomic E-state index is 1.02. The van der Waals surface area contributed by atoms with Crippen LogP contribution >= 0.6 is 0 Å². The molecule has 1 aromatic heterocycles. The van der Waals surface area contributed by atoms with E-state index < -0.39 is 0 Å². The SMILES string of the molecule is C=c1cc(C)nc/c1=C/C. The Morgan fingerprint density at radius 2 is 2.30 bits per heavy atom. The molecule has 0 N–H and O–H groups in total. The Hall–Kier alpha value is -1.11. The Labute approximate surface area is 60.7 Å². The van der Waals surface area contributed by atoms with Crippen LogP contribution in [0.5, 0.6) is 0 Å². The van der Waals surface area contributed by atoms with Crippen LogP contribution in [0.15, 0.2) is 12.3 Å². The van der Waals surface area contributed by atoms with Crippen LogP contribution in [0.4, 0.5) is 0 Å². The third kappa shape index (κ3) is 1.24. The summed E-state index contributed by atoms with van der Waals surface area (Å²) in [7, 11) is 0. The molecule has 1 rings (SSSR count). The molecule has 0 unspecified atom stereocenters. The van der Waals surface area contributed by atoms with E-state index in [1.165, 1.54) is 0 Å². The van der Waals surface area contributed by atoms with Crippen molar-refractivity contribution in [2.75, 3.05) is 0 Å². The third-order valence-electron chi connectivity index (χ3n) is 1.47. The van der Waals surface area contributed by atoms with Gasteiger partial charge in [0.15, 0.2) is 0 Å². The van der Waals surface area contributed by atoms with Crippen LogP contribution in [0, 0.1) is 6.92 Å². The molecular weight excluding hydrogens is 122 g/mol. The summed E-state index contributed by atoms with van der Waals surface area (Å²) in [6.07, 6.45) is 3.85. The van der Waals surface area contributed by atoms with Crippen LogP contribution in [-0.2, 0) is 0 Å². The van der Waals surface area contributed by atoms with Gasteiger partial charge in [0.1, 0.15) is 0 Å². The molecule has 0 amide bonds. The van der Waals surface area contributed by atoms with Gasteiger partial charge in [0.2, 0.25) is 0 Å². The van der Waals surface area contributed by atoms with Crippen LogP contribution in [-0.4, -0.2) is 4.98 Å². The van der Waals surface area contributed by atoms with E-state index in [1.54, 1.807) is 0 Å². The van der Waals surface area contributed by atoms with Crippen molar-refractivity contribution < 1.29 is 0 Å². The molecular formula is C9H11N. The molecule has 1 nitrogen and oxygen atoms in total. The van der Waals surface area contributed by atoms with Gasteiger partial charge in [-0.05, 0) is 30.4 Å². The Kier molecular flexibility index (Phi) is 1.86. The zero-order valence-electron chi connectivity index (χ0n) is 6.39. The molecule has 0 saturated heterocycles. The summed E-state index contributed by atoms with van der Waals surface area (Å²) in [6, 6.07) is 1.98. The molecule has 52 valence electrons. The van der Waals surface area contributed by atoms with Gasteiger partial charge in [-0.3, -0.25) is 4.98 Å². The highest BCUT2D eigenvalue weighted by Gasteiger charge is 1.83. The monoisotopic (exact) mass is 133 g/mol. The van der Waals surface area contributed by atoms with Crippen LogP contribution in [0.2, 0.25) is 0 Å². The van der Waals surface area contributed by atoms with Gasteiger partial charge in [-0.25, -0.2) is 0 Å². The van der Waals surface area contributed by atoms with Crippen molar-refractivity contribution in [1.82, 2.24) is 4.98 Å². The summed E-state index contributed by atoms with van der Waals surface area (Å²) in [5.74, 6) is 0. The van der Waals surface area contributed by atoms with Crippen molar-refractivity contribution in [3.05, 3.63) is 28.4 Å². The lowest BCUT2D eigenvalue weighted by atomic mass is 10.3. The highest BCUT2D eigenvalue weighted by molar-refractivity contribution is 5.22. The van der Waals surface area contributed by atoms with Gasteiger partial charge in [0.25, 0.3) is 0 Å². The summed E-state index contributed by atoms with van der Waals surface area (Å²) >= 11 is 0. The second-order valence-electron chi connectivity index (χ2n) is 2.31. The number of hydrogen-bond donors (Lipinski definition) is 0. The molecule has 0 aromatic carbocycles. The second kappa shape index (κ2) is 2.65. The first-order chi connectivity index (χ1) is 4.74. The molecule has 1 heteroatoms. The average molecular weight is 133 g/mol. The highest BCUT2D eigenvalue weighted by Crippen LogP contribution is 1.77. The van der Waals surface area contributed by atoms with E-state index in [4.69, 9.17) is 0 Å². The lowest BCUT2D eigenvalue weighted by molar-refractivity contribution is 1.17. The average Bonchev–Trinajstić information content (AvgIpc) is 1.88. The van der Waals surface area contributed by atoms with Gasteiger partial charge in [-0.2, -0.15) is 0 Å². The zero-order valence-corrected chi connectivity index (χ0v) is 6.39. The highest BCUT2D eigenvalue weighted by atomic mass is 14.6. The summed E-state index contributed by atoms with van der Waals surface area (Å²) < 4.78 is 0. The zero-order chi connectivity index (χ0) is 7.56. The van der Waals surface area contributed by atoms with E-state index in [9.17, 15) is 0 Å². The molecule has 10 heavy (non-hydrogen) atoms. The molecule has 0 spiro atoms. The van der Waals surface area contributed by atoms with Gasteiger partial charge >= 0.3 is 0 Å². The molecule has 0 atom stereocenters. The maximum Gasteiger partial charge on any atom is 0.0378 e. The molecule has 0 saturated carbocycles. The minimum absolute atomic E-state index is 1.02. The number of rotatable bonds is 0. The first-order valence-electron chi connectivity index (χ1n) is 3.32. The van der Waals surface area contributed by atoms with Gasteiger partial charge in [-0.15, -0.1) is 0 Å². The maximum absolute atomic E-state index is 4.14. The largest absolute Gasteiger partial charge is 0.261 e. The van der Waals surface area contributed by atoms with Crippen molar-refractivity contribution >= 4 is 12.7 Å². The van der Waals surface area contributed by atoms with Crippen molar-refractivity contribution in [1.29, 1.82) is 0 Å². The molecule has 0 fully saturated rings. The van der Waals surface area contributed by atoms with E-state index >= 15 is 0 Å². The molecule has 1 heterocycles. The second-order valence-corrected chi connectivity index (χ2v) is 2.31. The third-order valence-corrected chi connectivity index (χ3v) is 1.47. The van der Waals surface area contributed by atoms with E-state index in [1.807, 2.05) is 32.2 Å². The fourth-order valence-corrected chi connectivity index (χ4v) is 0.887. The van der Waals surface area contributed by atoms with Gasteiger partial charge in [0, 0.05) is 11.9 Å². The fourth-order valence-electron chi connectivity index (χ4n) is 0.887.